The SMILES string of the molecule is [CH2]CN(C1CCC1)C1CCC1. The third-order valence-corrected chi connectivity index (χ3v) is 3.35. The van der Waals surface area contributed by atoms with E-state index >= 15 is 0 Å². The van der Waals surface area contributed by atoms with Crippen LogP contribution >= 0.6 is 0 Å². The van der Waals surface area contributed by atoms with Gasteiger partial charge in [-0.3, -0.25) is 4.90 Å². The summed E-state index contributed by atoms with van der Waals surface area (Å²) in [7, 11) is 0. The number of nitrogens with zero attached hydrogens (tertiary/aromatic N) is 1. The van der Waals surface area contributed by atoms with Gasteiger partial charge in [-0.25, -0.2) is 0 Å². The topological polar surface area (TPSA) is 3.24 Å². The maximum absolute atomic E-state index is 4.02. The molecule has 1 radical (unpaired) electrons. The Kier molecular flexibility index (Phi) is 2.17. The minimum absolute atomic E-state index is 0.915. The lowest BCUT2D eigenvalue weighted by Gasteiger charge is -2.45. The molecular weight excluding hydrogens is 134 g/mol. The Morgan fingerprint density at radius 1 is 1.00 bits per heavy atom. The fourth-order valence-corrected chi connectivity index (χ4v) is 2.10. The normalized spacial score (nSPS) is 26.7. The molecule has 2 aliphatic carbocycles. The third-order valence-electron chi connectivity index (χ3n) is 3.35. The quantitative estimate of drug-likeness (QED) is 0.599. The Bertz CT molecular complexity index is 111. The lowest BCUT2D eigenvalue weighted by Crippen LogP contribution is -2.49. The van der Waals surface area contributed by atoms with Crippen molar-refractivity contribution < 1.29 is 0 Å². The van der Waals surface area contributed by atoms with Crippen molar-refractivity contribution >= 4 is 0 Å². The molecule has 0 aromatic carbocycles. The van der Waals surface area contributed by atoms with E-state index in [1.165, 1.54) is 38.5 Å². The fourth-order valence-electron chi connectivity index (χ4n) is 2.10. The maximum Gasteiger partial charge on any atom is 0.00982 e. The van der Waals surface area contributed by atoms with Crippen molar-refractivity contribution in [3.8, 4) is 0 Å². The van der Waals surface area contributed by atoms with Gasteiger partial charge in [0.25, 0.3) is 0 Å². The van der Waals surface area contributed by atoms with Gasteiger partial charge in [0.1, 0.15) is 0 Å². The highest BCUT2D eigenvalue weighted by atomic mass is 15.2. The van der Waals surface area contributed by atoms with Crippen molar-refractivity contribution in [2.45, 2.75) is 50.6 Å². The average molecular weight is 152 g/mol. The second-order valence-corrected chi connectivity index (χ2v) is 3.91. The largest absolute Gasteiger partial charge is 0.297 e. The van der Waals surface area contributed by atoms with Crippen molar-refractivity contribution in [3.63, 3.8) is 0 Å². The van der Waals surface area contributed by atoms with Crippen molar-refractivity contribution in [2.75, 3.05) is 6.54 Å². The highest BCUT2D eigenvalue weighted by Crippen LogP contribution is 2.32. The molecule has 0 heterocycles. The molecule has 2 aliphatic rings. The van der Waals surface area contributed by atoms with Gasteiger partial charge in [-0.2, -0.15) is 0 Å². The van der Waals surface area contributed by atoms with Gasteiger partial charge < -0.3 is 0 Å². The van der Waals surface area contributed by atoms with Gasteiger partial charge in [-0.1, -0.05) is 12.8 Å². The summed E-state index contributed by atoms with van der Waals surface area (Å²) in [5.41, 5.74) is 0. The highest BCUT2D eigenvalue weighted by Gasteiger charge is 2.32. The first-order chi connectivity index (χ1) is 5.42. The zero-order chi connectivity index (χ0) is 7.68. The molecule has 11 heavy (non-hydrogen) atoms. The Morgan fingerprint density at radius 2 is 1.45 bits per heavy atom. The lowest BCUT2D eigenvalue weighted by atomic mass is 9.85. The van der Waals surface area contributed by atoms with Gasteiger partial charge >= 0.3 is 0 Å². The summed E-state index contributed by atoms with van der Waals surface area (Å²) in [6.45, 7) is 5.05. The first-order valence-corrected chi connectivity index (χ1v) is 4.97. The summed E-state index contributed by atoms with van der Waals surface area (Å²) in [5.74, 6) is 0. The third kappa shape index (κ3) is 1.31. The van der Waals surface area contributed by atoms with Crippen LogP contribution < -0.4 is 0 Å². The van der Waals surface area contributed by atoms with Crippen LogP contribution in [-0.4, -0.2) is 23.5 Å². The molecule has 2 fully saturated rings. The van der Waals surface area contributed by atoms with Crippen LogP contribution in [0.25, 0.3) is 0 Å². The van der Waals surface area contributed by atoms with E-state index < -0.39 is 0 Å². The molecule has 0 bridgehead atoms. The molecule has 1 nitrogen and oxygen atoms in total. The number of hydrogen-bond acceptors (Lipinski definition) is 1. The molecule has 0 spiro atoms. The van der Waals surface area contributed by atoms with E-state index in [-0.39, 0.29) is 0 Å². The number of rotatable bonds is 3. The van der Waals surface area contributed by atoms with Crippen molar-refractivity contribution in [1.29, 1.82) is 0 Å². The van der Waals surface area contributed by atoms with E-state index in [0.717, 1.165) is 18.6 Å². The van der Waals surface area contributed by atoms with E-state index in [1.54, 1.807) is 0 Å². The highest BCUT2D eigenvalue weighted by molar-refractivity contribution is 4.88. The first kappa shape index (κ1) is 7.60. The van der Waals surface area contributed by atoms with Crippen molar-refractivity contribution in [2.24, 2.45) is 0 Å². The van der Waals surface area contributed by atoms with Gasteiger partial charge in [0.05, 0.1) is 0 Å². The van der Waals surface area contributed by atoms with Crippen LogP contribution in [0.5, 0.6) is 0 Å². The first-order valence-electron chi connectivity index (χ1n) is 4.97. The van der Waals surface area contributed by atoms with E-state index in [2.05, 4.69) is 11.8 Å². The molecule has 0 aromatic rings. The zero-order valence-corrected chi connectivity index (χ0v) is 7.26. The molecule has 0 aliphatic heterocycles. The molecule has 0 saturated heterocycles. The van der Waals surface area contributed by atoms with Crippen LogP contribution in [0.4, 0.5) is 0 Å². The van der Waals surface area contributed by atoms with Gasteiger partial charge in [-0.15, -0.1) is 0 Å². The van der Waals surface area contributed by atoms with Gasteiger partial charge in [-0.05, 0) is 39.2 Å². The lowest BCUT2D eigenvalue weighted by molar-refractivity contribution is 0.0515. The minimum Gasteiger partial charge on any atom is -0.297 e. The van der Waals surface area contributed by atoms with E-state index in [0.29, 0.717) is 0 Å². The Balaban J connectivity index is 1.83. The van der Waals surface area contributed by atoms with E-state index in [1.807, 2.05) is 0 Å². The minimum atomic E-state index is 0.915. The number of hydrogen-bond donors (Lipinski definition) is 0. The summed E-state index contributed by atoms with van der Waals surface area (Å²) < 4.78 is 0. The zero-order valence-electron chi connectivity index (χ0n) is 7.26. The molecule has 0 aromatic heterocycles. The summed E-state index contributed by atoms with van der Waals surface area (Å²) in [6.07, 6.45) is 8.65. The van der Waals surface area contributed by atoms with Crippen LogP contribution in [0.1, 0.15) is 38.5 Å². The Morgan fingerprint density at radius 3 is 1.64 bits per heavy atom. The summed E-state index contributed by atoms with van der Waals surface area (Å²) in [6, 6.07) is 1.83. The van der Waals surface area contributed by atoms with Crippen LogP contribution in [0.2, 0.25) is 0 Å². The van der Waals surface area contributed by atoms with E-state index in [9.17, 15) is 0 Å². The molecule has 63 valence electrons. The molecule has 1 heteroatoms. The van der Waals surface area contributed by atoms with E-state index in [4.69, 9.17) is 0 Å². The molecule has 0 N–H and O–H groups in total. The Hall–Kier alpha value is -0.0400. The molecule has 0 atom stereocenters. The maximum atomic E-state index is 4.02. The molecular formula is C10H18N. The van der Waals surface area contributed by atoms with Crippen LogP contribution in [0.3, 0.4) is 0 Å². The predicted octanol–water partition coefficient (Wildman–Crippen LogP) is 2.23. The summed E-state index contributed by atoms with van der Waals surface area (Å²) in [4.78, 5) is 2.63. The van der Waals surface area contributed by atoms with Crippen molar-refractivity contribution in [1.82, 2.24) is 4.90 Å². The van der Waals surface area contributed by atoms with Crippen molar-refractivity contribution in [3.05, 3.63) is 6.92 Å². The second-order valence-electron chi connectivity index (χ2n) is 3.91. The van der Waals surface area contributed by atoms with Crippen LogP contribution in [-0.2, 0) is 0 Å². The molecule has 2 rings (SSSR count). The van der Waals surface area contributed by atoms with Gasteiger partial charge in [0, 0.05) is 12.1 Å². The monoisotopic (exact) mass is 152 g/mol. The summed E-state index contributed by atoms with van der Waals surface area (Å²) in [5, 5.41) is 0. The smallest absolute Gasteiger partial charge is 0.00982 e. The van der Waals surface area contributed by atoms with Gasteiger partial charge in [0.2, 0.25) is 0 Å². The van der Waals surface area contributed by atoms with Crippen LogP contribution in [0, 0.1) is 6.92 Å². The van der Waals surface area contributed by atoms with Gasteiger partial charge in [0.15, 0.2) is 0 Å². The standard InChI is InChI=1S/C10H18N/c1-2-11(9-5-3-6-9)10-7-4-8-10/h9-10H,1-8H2. The summed E-state index contributed by atoms with van der Waals surface area (Å²) >= 11 is 0. The second kappa shape index (κ2) is 3.14. The molecule has 0 unspecified atom stereocenters. The predicted molar refractivity (Wildman–Crippen MR) is 47.3 cm³/mol. The fraction of sp³-hybridized carbons (Fsp3) is 0.900. The Labute approximate surface area is 69.8 Å². The molecule has 2 saturated carbocycles. The average Bonchev–Trinajstić information content (AvgIpc) is 1.78. The molecule has 0 amide bonds. The van der Waals surface area contributed by atoms with Crippen LogP contribution in [0.15, 0.2) is 0 Å².